The molecule has 0 spiro atoms. The van der Waals surface area contributed by atoms with Crippen LogP contribution < -0.4 is 4.72 Å². The lowest BCUT2D eigenvalue weighted by atomic mass is 9.92. The van der Waals surface area contributed by atoms with Crippen molar-refractivity contribution in [2.45, 2.75) is 43.4 Å². The number of hydrogen-bond donors (Lipinski definition) is 1. The molecule has 12 heteroatoms. The number of halogens is 6. The Balaban J connectivity index is 2.59. The summed E-state index contributed by atoms with van der Waals surface area (Å²) < 4.78 is 106. The number of nitrogens with zero attached hydrogens (tertiary/aromatic N) is 2. The summed E-state index contributed by atoms with van der Waals surface area (Å²) >= 11 is 0. The fourth-order valence-electron chi connectivity index (χ4n) is 2.41. The number of nitrogens with one attached hydrogen (secondary N) is 1. The average Bonchev–Trinajstić information content (AvgIpc) is 2.88. The molecule has 0 aliphatic rings. The molecular formula is C16H17F6N3O2S. The van der Waals surface area contributed by atoms with E-state index in [1.165, 1.54) is 11.7 Å². The Morgan fingerprint density at radius 1 is 0.929 bits per heavy atom. The van der Waals surface area contributed by atoms with Crippen LogP contribution in [0, 0.1) is 0 Å². The molecule has 1 N–H and O–H groups in total. The van der Waals surface area contributed by atoms with Crippen LogP contribution in [-0.2, 0) is 34.8 Å². The molecule has 0 radical (unpaired) electrons. The number of alkyl halides is 6. The summed E-state index contributed by atoms with van der Waals surface area (Å²) in [4.78, 5) is -0.339. The normalized spacial score (nSPS) is 13.6. The van der Waals surface area contributed by atoms with Crippen LogP contribution in [0.2, 0.25) is 0 Å². The number of aromatic nitrogens is 2. The van der Waals surface area contributed by atoms with Gasteiger partial charge in [-0.2, -0.15) is 31.4 Å². The largest absolute Gasteiger partial charge is 0.416 e. The second-order valence-electron chi connectivity index (χ2n) is 7.17. The molecule has 0 amide bonds. The third-order valence-electron chi connectivity index (χ3n) is 3.64. The van der Waals surface area contributed by atoms with Crippen molar-refractivity contribution in [1.82, 2.24) is 9.78 Å². The Bertz CT molecular complexity index is 953. The quantitative estimate of drug-likeness (QED) is 0.728. The van der Waals surface area contributed by atoms with Gasteiger partial charge in [0.15, 0.2) is 0 Å². The molecule has 1 heterocycles. The van der Waals surface area contributed by atoms with Gasteiger partial charge < -0.3 is 0 Å². The first-order valence-electron chi connectivity index (χ1n) is 7.78. The van der Waals surface area contributed by atoms with E-state index in [1.54, 1.807) is 25.5 Å². The topological polar surface area (TPSA) is 64.0 Å². The fraction of sp³-hybridized carbons (Fsp3) is 0.438. The maximum atomic E-state index is 13.0. The Hall–Kier alpha value is -2.24. The van der Waals surface area contributed by atoms with E-state index in [2.05, 4.69) is 5.10 Å². The van der Waals surface area contributed by atoms with Crippen molar-refractivity contribution in [2.75, 3.05) is 4.72 Å². The fourth-order valence-corrected chi connectivity index (χ4v) is 3.84. The lowest BCUT2D eigenvalue weighted by Gasteiger charge is -2.18. The molecule has 0 saturated carbocycles. The van der Waals surface area contributed by atoms with Crippen LogP contribution in [0.5, 0.6) is 0 Å². The van der Waals surface area contributed by atoms with Crippen molar-refractivity contribution in [2.24, 2.45) is 7.05 Å². The van der Waals surface area contributed by atoms with Crippen LogP contribution >= 0.6 is 0 Å². The van der Waals surface area contributed by atoms with E-state index in [9.17, 15) is 34.8 Å². The summed E-state index contributed by atoms with van der Waals surface area (Å²) in [5, 5.41) is 4.04. The number of anilines is 1. The van der Waals surface area contributed by atoms with E-state index in [0.717, 1.165) is 6.20 Å². The Morgan fingerprint density at radius 2 is 1.39 bits per heavy atom. The van der Waals surface area contributed by atoms with Gasteiger partial charge in [0.2, 0.25) is 0 Å². The molecule has 1 aromatic carbocycles. The Morgan fingerprint density at radius 3 is 1.79 bits per heavy atom. The second kappa shape index (κ2) is 6.68. The molecular weight excluding hydrogens is 412 g/mol. The first-order chi connectivity index (χ1) is 12.4. The molecule has 0 bridgehead atoms. The van der Waals surface area contributed by atoms with Crippen molar-refractivity contribution in [1.29, 1.82) is 0 Å². The summed E-state index contributed by atoms with van der Waals surface area (Å²) in [7, 11) is -3.05. The molecule has 0 atom stereocenters. The summed E-state index contributed by atoms with van der Waals surface area (Å²) in [6, 6.07) is 0.530. The van der Waals surface area contributed by atoms with Gasteiger partial charge in [0.25, 0.3) is 10.0 Å². The lowest BCUT2D eigenvalue weighted by molar-refractivity contribution is -0.143. The van der Waals surface area contributed by atoms with Gasteiger partial charge in [0.05, 0.1) is 22.5 Å². The summed E-state index contributed by atoms with van der Waals surface area (Å²) in [5.41, 5.74) is -4.73. The van der Waals surface area contributed by atoms with E-state index >= 15 is 0 Å². The summed E-state index contributed by atoms with van der Waals surface area (Å²) in [6.45, 7) is 5.00. The van der Waals surface area contributed by atoms with Gasteiger partial charge in [0, 0.05) is 18.7 Å². The first-order valence-corrected chi connectivity index (χ1v) is 9.26. The van der Waals surface area contributed by atoms with E-state index in [1.807, 2.05) is 0 Å². The maximum Gasteiger partial charge on any atom is 0.416 e. The molecule has 156 valence electrons. The number of hydrogen-bond acceptors (Lipinski definition) is 3. The highest BCUT2D eigenvalue weighted by molar-refractivity contribution is 7.92. The number of aryl methyl sites for hydroxylation is 1. The molecule has 1 aromatic heterocycles. The van der Waals surface area contributed by atoms with Crippen molar-refractivity contribution < 1.29 is 34.8 Å². The molecule has 0 fully saturated rings. The third-order valence-corrected chi connectivity index (χ3v) is 5.02. The highest BCUT2D eigenvalue weighted by Gasteiger charge is 2.38. The number of rotatable bonds is 3. The minimum atomic E-state index is -5.09. The monoisotopic (exact) mass is 429 g/mol. The zero-order valence-corrected chi connectivity index (χ0v) is 16.0. The van der Waals surface area contributed by atoms with Gasteiger partial charge in [-0.15, -0.1) is 0 Å². The van der Waals surface area contributed by atoms with E-state index in [4.69, 9.17) is 0 Å². The lowest BCUT2D eigenvalue weighted by Crippen LogP contribution is -2.21. The summed E-state index contributed by atoms with van der Waals surface area (Å²) in [6.07, 6.45) is -9.06. The van der Waals surface area contributed by atoms with E-state index in [0.29, 0.717) is 12.1 Å². The van der Waals surface area contributed by atoms with Crippen molar-refractivity contribution in [3.63, 3.8) is 0 Å². The smallest absolute Gasteiger partial charge is 0.279 e. The molecule has 2 aromatic rings. The van der Waals surface area contributed by atoms with Gasteiger partial charge in [0.1, 0.15) is 4.90 Å². The zero-order valence-electron chi connectivity index (χ0n) is 15.2. The first kappa shape index (κ1) is 22.1. The van der Waals surface area contributed by atoms with Crippen LogP contribution in [-0.4, -0.2) is 18.2 Å². The minimum Gasteiger partial charge on any atom is -0.279 e. The van der Waals surface area contributed by atoms with Crippen LogP contribution in [0.1, 0.15) is 37.6 Å². The molecule has 0 aliphatic carbocycles. The maximum absolute atomic E-state index is 13.0. The summed E-state index contributed by atoms with van der Waals surface area (Å²) in [5.74, 6) is 0. The molecule has 0 saturated heterocycles. The standard InChI is InChI=1S/C16H17F6N3O2S/c1-14(2,3)13-12(8-25(4)23-13)28(26,27)24-11-6-9(15(17,18)19)5-10(7-11)16(20,21)22/h5-8,24H,1-4H3. The minimum absolute atomic E-state index is 0.0809. The van der Waals surface area contributed by atoms with Crippen LogP contribution in [0.3, 0.4) is 0 Å². The second-order valence-corrected chi connectivity index (χ2v) is 8.82. The highest BCUT2D eigenvalue weighted by Crippen LogP contribution is 2.38. The van der Waals surface area contributed by atoms with Crippen molar-refractivity contribution in [3.8, 4) is 0 Å². The van der Waals surface area contributed by atoms with Crippen molar-refractivity contribution >= 4 is 15.7 Å². The van der Waals surface area contributed by atoms with Gasteiger partial charge in [-0.25, -0.2) is 8.42 Å². The molecule has 0 aliphatic heterocycles. The van der Waals surface area contributed by atoms with Gasteiger partial charge in [-0.3, -0.25) is 9.40 Å². The van der Waals surface area contributed by atoms with E-state index in [-0.39, 0.29) is 16.7 Å². The van der Waals surface area contributed by atoms with Crippen LogP contribution in [0.15, 0.2) is 29.3 Å². The predicted molar refractivity (Wildman–Crippen MR) is 89.2 cm³/mol. The predicted octanol–water partition coefficient (Wildman–Crippen LogP) is 4.56. The Kier molecular flexibility index (Phi) is 5.26. The van der Waals surface area contributed by atoms with Gasteiger partial charge in [-0.05, 0) is 18.2 Å². The highest BCUT2D eigenvalue weighted by atomic mass is 32.2. The van der Waals surface area contributed by atoms with Crippen LogP contribution in [0.4, 0.5) is 32.0 Å². The molecule has 28 heavy (non-hydrogen) atoms. The average molecular weight is 429 g/mol. The zero-order chi connectivity index (χ0) is 21.7. The number of benzene rings is 1. The molecule has 0 unspecified atom stereocenters. The molecule has 5 nitrogen and oxygen atoms in total. The van der Waals surface area contributed by atoms with E-state index < -0.39 is 44.6 Å². The molecule has 2 rings (SSSR count). The van der Waals surface area contributed by atoms with Crippen molar-refractivity contribution in [3.05, 3.63) is 41.2 Å². The van der Waals surface area contributed by atoms with Gasteiger partial charge >= 0.3 is 12.4 Å². The number of sulfonamides is 1. The SMILES string of the molecule is Cn1cc(S(=O)(=O)Nc2cc(C(F)(F)F)cc(C(F)(F)F)c2)c(C(C)(C)C)n1. The van der Waals surface area contributed by atoms with Crippen LogP contribution in [0.25, 0.3) is 0 Å². The van der Waals surface area contributed by atoms with Gasteiger partial charge in [-0.1, -0.05) is 20.8 Å². The third kappa shape index (κ3) is 4.78. The Labute approximate surface area is 157 Å².